The molecule has 0 amide bonds. The lowest BCUT2D eigenvalue weighted by Crippen LogP contribution is -2.38. The number of thioether (sulfide) groups is 1. The minimum Gasteiger partial charge on any atom is -0.384 e. The van der Waals surface area contributed by atoms with E-state index in [1.807, 2.05) is 24.3 Å². The second-order valence-electron chi connectivity index (χ2n) is 9.61. The molecule has 2 N–H and O–H groups in total. The summed E-state index contributed by atoms with van der Waals surface area (Å²) >= 11 is 8.06. The molecule has 190 valence electrons. The predicted octanol–water partition coefficient (Wildman–Crippen LogP) is 5.67. The number of halogens is 1. The summed E-state index contributed by atoms with van der Waals surface area (Å²) in [5.74, 6) is 1.57. The Labute approximate surface area is 223 Å². The number of pyridine rings is 1. The van der Waals surface area contributed by atoms with E-state index in [4.69, 9.17) is 26.0 Å². The number of hydrogen-bond acceptors (Lipinski definition) is 9. The summed E-state index contributed by atoms with van der Waals surface area (Å²) in [5.41, 5.74) is 2.20. The van der Waals surface area contributed by atoms with Gasteiger partial charge in [0, 0.05) is 29.4 Å². The van der Waals surface area contributed by atoms with Crippen molar-refractivity contribution in [2.75, 3.05) is 16.8 Å². The fourth-order valence-electron chi connectivity index (χ4n) is 5.00. The van der Waals surface area contributed by atoms with Crippen LogP contribution in [0.15, 0.2) is 62.9 Å². The van der Waals surface area contributed by atoms with Gasteiger partial charge in [-0.15, -0.1) is 5.10 Å². The van der Waals surface area contributed by atoms with Gasteiger partial charge < -0.3 is 14.6 Å². The van der Waals surface area contributed by atoms with Crippen molar-refractivity contribution < 1.29 is 4.42 Å². The van der Waals surface area contributed by atoms with Gasteiger partial charge in [0.05, 0.1) is 5.02 Å². The van der Waals surface area contributed by atoms with Crippen molar-refractivity contribution >= 4 is 34.9 Å². The molecule has 3 aromatic heterocycles. The molecule has 6 rings (SSSR count). The van der Waals surface area contributed by atoms with Gasteiger partial charge >= 0.3 is 5.76 Å². The van der Waals surface area contributed by atoms with Crippen LogP contribution < -0.4 is 16.0 Å². The molecule has 1 aliphatic heterocycles. The Hall–Kier alpha value is -3.37. The molecule has 0 spiro atoms. The second-order valence-corrected chi connectivity index (χ2v) is 11.2. The van der Waals surface area contributed by atoms with E-state index in [0.29, 0.717) is 22.5 Å². The molecule has 0 saturated heterocycles. The van der Waals surface area contributed by atoms with Crippen LogP contribution in [0, 0.1) is 11.8 Å². The van der Waals surface area contributed by atoms with Crippen molar-refractivity contribution in [2.45, 2.75) is 43.0 Å². The summed E-state index contributed by atoms with van der Waals surface area (Å²) < 4.78 is 5.19. The zero-order chi connectivity index (χ0) is 25.4. The van der Waals surface area contributed by atoms with Crippen molar-refractivity contribution in [3.63, 3.8) is 0 Å². The van der Waals surface area contributed by atoms with E-state index in [1.165, 1.54) is 25.7 Å². The Morgan fingerprint density at radius 2 is 1.95 bits per heavy atom. The van der Waals surface area contributed by atoms with Crippen molar-refractivity contribution in [3.8, 4) is 23.0 Å². The monoisotopic (exact) mass is 535 g/mol. The topological polar surface area (TPSA) is 113 Å². The Balaban J connectivity index is 1.46. The second kappa shape index (κ2) is 10.2. The molecule has 11 heteroatoms. The predicted molar refractivity (Wildman–Crippen MR) is 145 cm³/mol. The van der Waals surface area contributed by atoms with E-state index in [-0.39, 0.29) is 17.2 Å². The third-order valence-electron chi connectivity index (χ3n) is 6.90. The lowest BCUT2D eigenvalue weighted by molar-refractivity contribution is 0.292. The van der Waals surface area contributed by atoms with E-state index in [9.17, 15) is 4.79 Å². The van der Waals surface area contributed by atoms with Crippen LogP contribution in [0.1, 0.15) is 32.6 Å². The van der Waals surface area contributed by atoms with Crippen LogP contribution in [-0.2, 0) is 0 Å². The lowest BCUT2D eigenvalue weighted by atomic mass is 9.83. The third-order valence-corrected chi connectivity index (χ3v) is 8.25. The van der Waals surface area contributed by atoms with Gasteiger partial charge in [0.15, 0.2) is 11.3 Å². The molecular formula is C26H26ClN7O2S. The van der Waals surface area contributed by atoms with Gasteiger partial charge in [0.25, 0.3) is 5.89 Å². The molecule has 37 heavy (non-hydrogen) atoms. The summed E-state index contributed by atoms with van der Waals surface area (Å²) in [6.07, 6.45) is 8.20. The van der Waals surface area contributed by atoms with Crippen LogP contribution in [0.5, 0.6) is 0 Å². The van der Waals surface area contributed by atoms with Crippen LogP contribution in [0.2, 0.25) is 5.02 Å². The highest BCUT2D eigenvalue weighted by Crippen LogP contribution is 2.46. The van der Waals surface area contributed by atoms with Gasteiger partial charge in [-0.3, -0.25) is 4.98 Å². The number of aromatic nitrogens is 5. The van der Waals surface area contributed by atoms with E-state index >= 15 is 0 Å². The van der Waals surface area contributed by atoms with Crippen LogP contribution in [-0.4, -0.2) is 37.2 Å². The zero-order valence-electron chi connectivity index (χ0n) is 20.2. The highest BCUT2D eigenvalue weighted by molar-refractivity contribution is 8.00. The van der Waals surface area contributed by atoms with Gasteiger partial charge in [-0.05, 0) is 42.9 Å². The standard InChI is InChI=1S/C26H26ClN7O2S/c1-15-7-9-16(10-8-15)14-34-21-20(17-11-18(27)13-28-12-17)29-23(24-32-33-26(35)36-24)30-22(21)31-25(34)37-19-5-3-2-4-6-19/h2-6,11-13,15-16,25H,7-10,14H2,1H3,(H,33,35)(H,29,30,31)/t15-,16-,25-/m1/s1. The maximum Gasteiger partial charge on any atom is 0.434 e. The molecule has 1 aromatic carbocycles. The van der Waals surface area contributed by atoms with Gasteiger partial charge in [0.1, 0.15) is 11.4 Å². The maximum absolute atomic E-state index is 11.7. The Morgan fingerprint density at radius 3 is 2.68 bits per heavy atom. The average Bonchev–Trinajstić information content (AvgIpc) is 3.49. The number of nitrogens with zero attached hydrogens (tertiary/aromatic N) is 5. The van der Waals surface area contributed by atoms with Crippen molar-refractivity contribution in [2.24, 2.45) is 11.8 Å². The largest absolute Gasteiger partial charge is 0.434 e. The first kappa shape index (κ1) is 24.0. The number of fused-ring (bicyclic) bond motifs is 1. The van der Waals surface area contributed by atoms with Crippen molar-refractivity contribution in [3.05, 3.63) is 64.4 Å². The lowest BCUT2D eigenvalue weighted by Gasteiger charge is -2.34. The molecule has 0 radical (unpaired) electrons. The molecule has 0 unspecified atom stereocenters. The summed E-state index contributed by atoms with van der Waals surface area (Å²) in [6, 6.07) is 12.1. The summed E-state index contributed by atoms with van der Waals surface area (Å²) in [6.45, 7) is 3.21. The first-order chi connectivity index (χ1) is 18.0. The first-order valence-corrected chi connectivity index (χ1v) is 13.6. The minimum absolute atomic E-state index is 0.0258. The molecular weight excluding hydrogens is 510 g/mol. The van der Waals surface area contributed by atoms with E-state index in [0.717, 1.165) is 28.6 Å². The summed E-state index contributed by atoms with van der Waals surface area (Å²) in [4.78, 5) is 29.0. The third kappa shape index (κ3) is 5.08. The number of rotatable bonds is 6. The van der Waals surface area contributed by atoms with E-state index in [2.05, 4.69) is 44.5 Å². The zero-order valence-corrected chi connectivity index (χ0v) is 21.8. The molecule has 4 heterocycles. The quantitative estimate of drug-likeness (QED) is 0.322. The van der Waals surface area contributed by atoms with Gasteiger partial charge in [-0.1, -0.05) is 61.3 Å². The SMILES string of the molecule is C[C@H]1CC[C@H](CN2c3c(nc(-c4n[nH]c(=O)o4)nc3-c3cncc(Cl)c3)N[C@H]2Sc2ccccc2)CC1. The normalized spacial score (nSPS) is 21.0. The van der Waals surface area contributed by atoms with Crippen molar-refractivity contribution in [1.29, 1.82) is 0 Å². The summed E-state index contributed by atoms with van der Waals surface area (Å²) in [5, 5.41) is 10.3. The highest BCUT2D eigenvalue weighted by Gasteiger charge is 2.37. The molecule has 9 nitrogen and oxygen atoms in total. The fraction of sp³-hybridized carbons (Fsp3) is 0.346. The minimum atomic E-state index is -0.663. The van der Waals surface area contributed by atoms with Gasteiger partial charge in [-0.2, -0.15) is 0 Å². The number of anilines is 2. The Bertz CT molecular complexity index is 1450. The molecule has 1 atom stereocenters. The average molecular weight is 536 g/mol. The molecule has 4 aromatic rings. The number of H-pyrrole nitrogens is 1. The number of hydrogen-bond donors (Lipinski definition) is 2. The Kier molecular flexibility index (Phi) is 6.60. The number of aromatic amines is 1. The first-order valence-electron chi connectivity index (χ1n) is 12.4. The van der Waals surface area contributed by atoms with Crippen LogP contribution in [0.3, 0.4) is 0 Å². The Morgan fingerprint density at radius 1 is 1.14 bits per heavy atom. The summed E-state index contributed by atoms with van der Waals surface area (Å²) in [7, 11) is 0. The molecule has 1 aliphatic carbocycles. The molecule has 2 aliphatic rings. The van der Waals surface area contributed by atoms with E-state index in [1.54, 1.807) is 24.2 Å². The molecule has 0 bridgehead atoms. The highest BCUT2D eigenvalue weighted by atomic mass is 35.5. The van der Waals surface area contributed by atoms with Crippen molar-refractivity contribution in [1.82, 2.24) is 25.1 Å². The van der Waals surface area contributed by atoms with Crippen LogP contribution >= 0.6 is 23.4 Å². The smallest absolute Gasteiger partial charge is 0.384 e. The number of benzene rings is 1. The van der Waals surface area contributed by atoms with Crippen LogP contribution in [0.25, 0.3) is 23.0 Å². The maximum atomic E-state index is 11.7. The van der Waals surface area contributed by atoms with Gasteiger partial charge in [-0.25, -0.2) is 19.9 Å². The molecule has 1 fully saturated rings. The van der Waals surface area contributed by atoms with E-state index < -0.39 is 5.76 Å². The molecule has 1 saturated carbocycles. The van der Waals surface area contributed by atoms with Gasteiger partial charge in [0.2, 0.25) is 5.82 Å². The number of nitrogens with one attached hydrogen (secondary N) is 2. The fourth-order valence-corrected chi connectivity index (χ4v) is 6.24. The van der Waals surface area contributed by atoms with Crippen LogP contribution in [0.4, 0.5) is 11.5 Å².